The molecule has 2 fully saturated rings. The molecule has 4 aliphatic heterocycles. The number of thioether (sulfide) groups is 1. The van der Waals surface area contributed by atoms with Crippen LogP contribution in [0.1, 0.15) is 96.2 Å². The lowest BCUT2D eigenvalue weighted by molar-refractivity contribution is -0.155. The fourth-order valence-corrected chi connectivity index (χ4v) is 11.1. The van der Waals surface area contributed by atoms with E-state index in [9.17, 15) is 24.0 Å². The summed E-state index contributed by atoms with van der Waals surface area (Å²) in [6.45, 7) is 14.3. The van der Waals surface area contributed by atoms with Crippen LogP contribution < -0.4 is 10.7 Å². The number of aromatic nitrogens is 2. The number of hydrazine groups is 1. The highest BCUT2D eigenvalue weighted by molar-refractivity contribution is 8.14. The van der Waals surface area contributed by atoms with E-state index in [2.05, 4.69) is 60.3 Å². The normalized spacial score (nSPS) is 23.4. The molecule has 7 rings (SSSR count). The van der Waals surface area contributed by atoms with Gasteiger partial charge in [-0.3, -0.25) is 39.0 Å². The molecule has 358 valence electrons. The van der Waals surface area contributed by atoms with Gasteiger partial charge in [0, 0.05) is 80.6 Å². The third kappa shape index (κ3) is 10.5. The highest BCUT2D eigenvalue weighted by atomic mass is 32.2. The molecule has 2 aromatic heterocycles. The molecular weight excluding hydrogens is 859 g/mol. The second-order valence-electron chi connectivity index (χ2n) is 19.7. The monoisotopic (exact) mass is 928 g/mol. The molecule has 6 heterocycles. The summed E-state index contributed by atoms with van der Waals surface area (Å²) in [5.41, 5.74) is 8.80. The SMILES string of the molecule is CCn1c(-c2cccnc2[C@H](C)OC)c2c3cc(ccc31)C1CSC(=N1)C[C@H](NC(=O)[C@H](C(C)C)N(C)C(=O)[C@H]1CCN(C(=O)CN(C)C)C1)C(=O)N1CCC[C@H](N1)C(=O)OCC(C)(C)C2. The molecule has 17 heteroatoms. The first-order chi connectivity index (χ1) is 31.4. The number of pyridine rings is 1. The number of fused-ring (bicyclic) bond motifs is 5. The summed E-state index contributed by atoms with van der Waals surface area (Å²) in [6.07, 6.45) is 3.82. The maximum atomic E-state index is 14.7. The van der Waals surface area contributed by atoms with Gasteiger partial charge in [-0.05, 0) is 94.9 Å². The Balaban J connectivity index is 1.23. The standard InChI is InChI=1S/C49H69N9O7S/c1-11-57-39-17-16-31-22-34(39)35(44(57)33-14-12-19-50-42(33)30(4)64-10)24-49(5,6)28-65-48(63)36-15-13-20-58(53-36)47(62)37(23-40-51-38(31)27-66-40)52-45(60)43(29(2)3)55(9)46(61)32-18-21-56(25-32)41(59)26-54(7)8/h12,14,16-17,19,22,29-30,32,36-38,43,53H,11,13,15,18,20-21,23-28H2,1-10H3,(H,52,60)/t30-,32-,36-,37-,38?,43-/m0/s1. The number of benzene rings is 1. The summed E-state index contributed by atoms with van der Waals surface area (Å²) in [5, 5.41) is 6.32. The fraction of sp³-hybridized carbons (Fsp3) is 0.612. The Morgan fingerprint density at radius 2 is 1.86 bits per heavy atom. The van der Waals surface area contributed by atoms with Crippen molar-refractivity contribution in [1.82, 2.24) is 40.0 Å². The van der Waals surface area contributed by atoms with Crippen LogP contribution in [-0.4, -0.2) is 149 Å². The zero-order valence-corrected chi connectivity index (χ0v) is 41.2. The molecule has 2 N–H and O–H groups in total. The Bertz CT molecular complexity index is 2350. The largest absolute Gasteiger partial charge is 0.464 e. The van der Waals surface area contributed by atoms with Gasteiger partial charge in [-0.25, -0.2) is 5.43 Å². The number of amides is 4. The van der Waals surface area contributed by atoms with Gasteiger partial charge >= 0.3 is 5.97 Å². The first-order valence-corrected chi connectivity index (χ1v) is 24.5. The van der Waals surface area contributed by atoms with E-state index < -0.39 is 47.2 Å². The van der Waals surface area contributed by atoms with Crippen molar-refractivity contribution in [3.05, 3.63) is 53.3 Å². The van der Waals surface area contributed by atoms with Gasteiger partial charge in [-0.15, -0.1) is 11.8 Å². The van der Waals surface area contributed by atoms with Crippen LogP contribution in [0.5, 0.6) is 0 Å². The third-order valence-corrected chi connectivity index (χ3v) is 14.5. The fourth-order valence-electron chi connectivity index (χ4n) is 9.96. The second-order valence-corrected chi connectivity index (χ2v) is 20.8. The van der Waals surface area contributed by atoms with E-state index in [0.717, 1.165) is 44.0 Å². The molecule has 0 spiro atoms. The van der Waals surface area contributed by atoms with E-state index in [1.165, 1.54) is 9.91 Å². The van der Waals surface area contributed by atoms with Gasteiger partial charge in [0.25, 0.3) is 5.91 Å². The van der Waals surface area contributed by atoms with Gasteiger partial charge in [0.05, 0.1) is 47.6 Å². The molecule has 6 bridgehead atoms. The first kappa shape index (κ1) is 49.1. The molecule has 1 aromatic carbocycles. The topological polar surface area (TPSA) is 171 Å². The number of hydrogen-bond acceptors (Lipinski definition) is 12. The lowest BCUT2D eigenvalue weighted by Crippen LogP contribution is -2.62. The van der Waals surface area contributed by atoms with Crippen LogP contribution in [0.25, 0.3) is 22.2 Å². The number of aliphatic imine (C=N–C) groups is 1. The summed E-state index contributed by atoms with van der Waals surface area (Å²) in [4.78, 5) is 84.9. The molecule has 0 radical (unpaired) electrons. The van der Waals surface area contributed by atoms with Gasteiger partial charge in [-0.2, -0.15) is 0 Å². The molecule has 4 aliphatic rings. The van der Waals surface area contributed by atoms with Crippen LogP contribution in [0.2, 0.25) is 0 Å². The Kier molecular flexibility index (Phi) is 15.3. The zero-order valence-electron chi connectivity index (χ0n) is 40.4. The summed E-state index contributed by atoms with van der Waals surface area (Å²) in [7, 11) is 6.98. The van der Waals surface area contributed by atoms with E-state index >= 15 is 0 Å². The van der Waals surface area contributed by atoms with Crippen molar-refractivity contribution in [2.75, 3.05) is 66.8 Å². The van der Waals surface area contributed by atoms with E-state index in [1.807, 2.05) is 40.9 Å². The van der Waals surface area contributed by atoms with Gasteiger partial charge in [0.1, 0.15) is 18.1 Å². The van der Waals surface area contributed by atoms with E-state index in [-0.39, 0.29) is 49.5 Å². The molecule has 2 saturated heterocycles. The smallest absolute Gasteiger partial charge is 0.324 e. The number of rotatable bonds is 11. The number of methoxy groups -OCH3 is 1. The highest BCUT2D eigenvalue weighted by Crippen LogP contribution is 2.42. The van der Waals surface area contributed by atoms with Crippen molar-refractivity contribution < 1.29 is 33.4 Å². The van der Waals surface area contributed by atoms with Crippen LogP contribution in [0, 0.1) is 17.3 Å². The van der Waals surface area contributed by atoms with Crippen LogP contribution in [-0.2, 0) is 46.4 Å². The highest BCUT2D eigenvalue weighted by Gasteiger charge is 2.41. The number of esters is 1. The summed E-state index contributed by atoms with van der Waals surface area (Å²) < 4.78 is 14.3. The lowest BCUT2D eigenvalue weighted by Gasteiger charge is -2.37. The van der Waals surface area contributed by atoms with Crippen molar-refractivity contribution in [2.24, 2.45) is 22.2 Å². The molecule has 6 atom stereocenters. The number of hydrogen-bond donors (Lipinski definition) is 2. The van der Waals surface area contributed by atoms with E-state index in [0.29, 0.717) is 57.6 Å². The maximum Gasteiger partial charge on any atom is 0.324 e. The predicted octanol–water partition coefficient (Wildman–Crippen LogP) is 5.01. The number of carbonyl (C=O) groups is 5. The van der Waals surface area contributed by atoms with Crippen molar-refractivity contribution >= 4 is 57.3 Å². The van der Waals surface area contributed by atoms with Crippen LogP contribution in [0.3, 0.4) is 0 Å². The molecule has 0 aliphatic carbocycles. The number of nitrogens with zero attached hydrogens (tertiary/aromatic N) is 7. The second kappa shape index (κ2) is 20.6. The van der Waals surface area contributed by atoms with Crippen LogP contribution in [0.15, 0.2) is 41.5 Å². The number of nitrogens with one attached hydrogen (secondary N) is 2. The predicted molar refractivity (Wildman–Crippen MR) is 256 cm³/mol. The summed E-state index contributed by atoms with van der Waals surface area (Å²) in [6, 6.07) is 7.71. The number of cyclic esters (lactones) is 1. The molecule has 1 unspecified atom stereocenters. The van der Waals surface area contributed by atoms with Gasteiger partial charge in [0.15, 0.2) is 0 Å². The van der Waals surface area contributed by atoms with Gasteiger partial charge in [-0.1, -0.05) is 33.8 Å². The Labute approximate surface area is 393 Å². The maximum absolute atomic E-state index is 14.7. The van der Waals surface area contributed by atoms with Crippen molar-refractivity contribution in [2.45, 2.75) is 110 Å². The Hall–Kier alpha value is -4.84. The van der Waals surface area contributed by atoms with E-state index in [4.69, 9.17) is 19.5 Å². The van der Waals surface area contributed by atoms with E-state index in [1.54, 1.807) is 41.9 Å². The average molecular weight is 928 g/mol. The van der Waals surface area contributed by atoms with Crippen molar-refractivity contribution in [3.63, 3.8) is 0 Å². The molecule has 16 nitrogen and oxygen atoms in total. The molecule has 66 heavy (non-hydrogen) atoms. The summed E-state index contributed by atoms with van der Waals surface area (Å²) >= 11 is 1.57. The first-order valence-electron chi connectivity index (χ1n) is 23.5. The number of likely N-dealkylation sites (tertiary alicyclic amines) is 1. The number of carbonyl (C=O) groups excluding carboxylic acids is 5. The minimum Gasteiger partial charge on any atom is -0.464 e. The molecule has 3 aromatic rings. The van der Waals surface area contributed by atoms with Crippen molar-refractivity contribution in [3.8, 4) is 11.3 Å². The van der Waals surface area contributed by atoms with Gasteiger partial charge < -0.3 is 34.1 Å². The van der Waals surface area contributed by atoms with Crippen LogP contribution >= 0.6 is 11.8 Å². The summed E-state index contributed by atoms with van der Waals surface area (Å²) in [5.74, 6) is -1.63. The van der Waals surface area contributed by atoms with Crippen molar-refractivity contribution in [1.29, 1.82) is 0 Å². The molecular formula is C49H69N9O7S. The third-order valence-electron chi connectivity index (χ3n) is 13.4. The average Bonchev–Trinajstić information content (AvgIpc) is 4.05. The Morgan fingerprint density at radius 1 is 1.09 bits per heavy atom. The molecule has 0 saturated carbocycles. The minimum absolute atomic E-state index is 0.0383. The zero-order chi connectivity index (χ0) is 47.6. The number of aryl methyl sites for hydroxylation is 1. The Morgan fingerprint density at radius 3 is 2.58 bits per heavy atom. The minimum atomic E-state index is -1.05. The number of likely N-dealkylation sites (N-methyl/N-ethyl adjacent to an activating group) is 2. The quantitative estimate of drug-likeness (QED) is 0.248. The van der Waals surface area contributed by atoms with Crippen LogP contribution in [0.4, 0.5) is 0 Å². The number of ether oxygens (including phenoxy) is 2. The lowest BCUT2D eigenvalue weighted by atomic mass is 9.84. The van der Waals surface area contributed by atoms with Gasteiger partial charge in [0.2, 0.25) is 17.7 Å². The molecule has 4 amide bonds.